The van der Waals surface area contributed by atoms with Crippen LogP contribution in [0, 0.1) is 0 Å². The van der Waals surface area contributed by atoms with Gasteiger partial charge >= 0.3 is 0 Å². The second-order valence-electron chi connectivity index (χ2n) is 5.82. The second-order valence-corrected chi connectivity index (χ2v) is 7.76. The Balaban J connectivity index is 1.73. The van der Waals surface area contributed by atoms with Crippen molar-refractivity contribution in [1.82, 2.24) is 9.29 Å². The maximum Gasteiger partial charge on any atom is 0.243 e. The Morgan fingerprint density at radius 1 is 1.16 bits per heavy atom. The van der Waals surface area contributed by atoms with E-state index in [-0.39, 0.29) is 0 Å². The molecule has 2 aromatic rings. The number of hydrogen-bond acceptors (Lipinski definition) is 5. The van der Waals surface area contributed by atoms with Crippen LogP contribution < -0.4 is 10.7 Å². The third-order valence-electron chi connectivity index (χ3n) is 4.08. The molecule has 3 N–H and O–H groups in total. The van der Waals surface area contributed by atoms with E-state index < -0.39 is 10.0 Å². The summed E-state index contributed by atoms with van der Waals surface area (Å²) in [5.41, 5.74) is 4.49. The number of piperazine rings is 1. The van der Waals surface area contributed by atoms with Gasteiger partial charge in [-0.1, -0.05) is 18.2 Å². The van der Waals surface area contributed by atoms with E-state index in [0.717, 1.165) is 24.4 Å². The zero-order chi connectivity index (χ0) is 17.7. The van der Waals surface area contributed by atoms with Gasteiger partial charge < -0.3 is 5.32 Å². The first-order chi connectivity index (χ1) is 12.1. The fraction of sp³-hybridized carbons (Fsp3) is 0.294. The number of sulfonamides is 1. The van der Waals surface area contributed by atoms with Gasteiger partial charge in [0.1, 0.15) is 5.82 Å². The molecular weight excluding hydrogens is 338 g/mol. The van der Waals surface area contributed by atoms with Crippen molar-refractivity contribution in [3.63, 3.8) is 0 Å². The minimum absolute atomic E-state index is 0.323. The first kappa shape index (κ1) is 17.5. The molecule has 3 rings (SSSR count). The molecule has 1 aromatic carbocycles. The fourth-order valence-corrected chi connectivity index (χ4v) is 4.09. The number of anilines is 1. The molecule has 0 unspecified atom stereocenters. The van der Waals surface area contributed by atoms with E-state index in [0.29, 0.717) is 23.8 Å². The normalized spacial score (nSPS) is 16.6. The summed E-state index contributed by atoms with van der Waals surface area (Å²) < 4.78 is 26.8. The molecule has 7 nitrogen and oxygen atoms in total. The Hall–Kier alpha value is -2.29. The van der Waals surface area contributed by atoms with Gasteiger partial charge in [0.2, 0.25) is 10.0 Å². The standard InChI is InChI=1S/C17H21N5O2S/c1-14(20-21-17-4-2-3-9-19-17)15-5-7-16(8-6-15)25(23,24)22-12-10-18-11-13-22/h2-9,18H,10-13H2,1H3,(H,19,21)/p+1/b20-14-. The molecule has 0 aliphatic carbocycles. The van der Waals surface area contributed by atoms with Gasteiger partial charge in [-0.3, -0.25) is 5.43 Å². The Kier molecular flexibility index (Phi) is 5.42. The van der Waals surface area contributed by atoms with Crippen LogP contribution in [0.4, 0.5) is 5.82 Å². The Morgan fingerprint density at radius 2 is 1.88 bits per heavy atom. The highest BCUT2D eigenvalue weighted by molar-refractivity contribution is 7.89. The van der Waals surface area contributed by atoms with E-state index in [2.05, 4.69) is 20.8 Å². The molecule has 1 saturated heterocycles. The summed E-state index contributed by atoms with van der Waals surface area (Å²) in [7, 11) is -3.41. The van der Waals surface area contributed by atoms with Crippen LogP contribution in [0.5, 0.6) is 0 Å². The van der Waals surface area contributed by atoms with Crippen molar-refractivity contribution >= 4 is 21.6 Å². The molecule has 2 heterocycles. The number of nitrogens with one attached hydrogen (secondary N) is 1. The van der Waals surface area contributed by atoms with Crippen molar-refractivity contribution in [2.45, 2.75) is 11.8 Å². The van der Waals surface area contributed by atoms with Crippen LogP contribution in [0.3, 0.4) is 0 Å². The molecule has 0 saturated carbocycles. The van der Waals surface area contributed by atoms with Crippen LogP contribution in [0.2, 0.25) is 0 Å². The predicted octanol–water partition coefficient (Wildman–Crippen LogP) is 0.485. The summed E-state index contributed by atoms with van der Waals surface area (Å²) in [6, 6.07) is 12.4. The van der Waals surface area contributed by atoms with Gasteiger partial charge in [0, 0.05) is 6.20 Å². The summed E-state index contributed by atoms with van der Waals surface area (Å²) >= 11 is 0. The largest absolute Gasteiger partial charge is 0.344 e. The molecule has 1 aliphatic heterocycles. The maximum absolute atomic E-state index is 12.6. The molecular formula is C17H22N5O2S+. The lowest BCUT2D eigenvalue weighted by Gasteiger charge is -2.24. The zero-order valence-electron chi connectivity index (χ0n) is 14.1. The monoisotopic (exact) mass is 360 g/mol. The molecule has 0 amide bonds. The summed E-state index contributed by atoms with van der Waals surface area (Å²) in [6.45, 7) is 4.58. The number of pyridine rings is 1. The van der Waals surface area contributed by atoms with Crippen LogP contribution in [-0.2, 0) is 10.0 Å². The first-order valence-corrected chi connectivity index (χ1v) is 9.65. The quantitative estimate of drug-likeness (QED) is 0.599. The summed E-state index contributed by atoms with van der Waals surface area (Å²) in [4.78, 5) is 4.46. The summed E-state index contributed by atoms with van der Waals surface area (Å²) in [5.74, 6) is 0.656. The number of nitrogens with zero attached hydrogens (tertiary/aromatic N) is 3. The van der Waals surface area contributed by atoms with Gasteiger partial charge in [0.05, 0.1) is 36.8 Å². The molecule has 1 fully saturated rings. The minimum atomic E-state index is -3.41. The summed E-state index contributed by atoms with van der Waals surface area (Å²) in [5, 5.41) is 6.42. The highest BCUT2D eigenvalue weighted by Crippen LogP contribution is 2.17. The van der Waals surface area contributed by atoms with Crippen molar-refractivity contribution in [1.29, 1.82) is 0 Å². The Bertz CT molecular complexity index is 829. The van der Waals surface area contributed by atoms with E-state index in [1.807, 2.05) is 25.1 Å². The van der Waals surface area contributed by atoms with Gasteiger partial charge in [-0.25, -0.2) is 13.4 Å². The molecule has 132 valence electrons. The summed E-state index contributed by atoms with van der Waals surface area (Å²) in [6.07, 6.45) is 1.69. The highest BCUT2D eigenvalue weighted by Gasteiger charge is 2.27. The smallest absolute Gasteiger partial charge is 0.243 e. The average molecular weight is 360 g/mol. The topological polar surface area (TPSA) is 91.3 Å². The van der Waals surface area contributed by atoms with E-state index in [1.54, 1.807) is 34.8 Å². The van der Waals surface area contributed by atoms with Crippen LogP contribution in [0.25, 0.3) is 0 Å². The number of nitrogens with two attached hydrogens (primary N) is 1. The lowest BCUT2D eigenvalue weighted by molar-refractivity contribution is -0.661. The van der Waals surface area contributed by atoms with Crippen molar-refractivity contribution < 1.29 is 13.7 Å². The van der Waals surface area contributed by atoms with Gasteiger partial charge in [-0.05, 0) is 36.8 Å². The van der Waals surface area contributed by atoms with Gasteiger partial charge in [-0.15, -0.1) is 0 Å². The average Bonchev–Trinajstić information content (AvgIpc) is 2.68. The third kappa shape index (κ3) is 4.22. The maximum atomic E-state index is 12.6. The van der Waals surface area contributed by atoms with Crippen molar-refractivity contribution in [3.05, 3.63) is 54.2 Å². The molecule has 0 spiro atoms. The van der Waals surface area contributed by atoms with Crippen molar-refractivity contribution in [2.75, 3.05) is 31.6 Å². The molecule has 0 radical (unpaired) electrons. The molecule has 25 heavy (non-hydrogen) atoms. The van der Waals surface area contributed by atoms with Gasteiger partial charge in [0.15, 0.2) is 0 Å². The Labute approximate surface area is 147 Å². The zero-order valence-corrected chi connectivity index (χ0v) is 14.9. The number of hydrogen-bond donors (Lipinski definition) is 2. The van der Waals surface area contributed by atoms with Gasteiger partial charge in [-0.2, -0.15) is 9.41 Å². The van der Waals surface area contributed by atoms with Crippen LogP contribution in [0.15, 0.2) is 58.7 Å². The number of hydrazone groups is 1. The molecule has 0 atom stereocenters. The predicted molar refractivity (Wildman–Crippen MR) is 96.9 cm³/mol. The molecule has 0 bridgehead atoms. The van der Waals surface area contributed by atoms with Crippen LogP contribution >= 0.6 is 0 Å². The molecule has 8 heteroatoms. The van der Waals surface area contributed by atoms with E-state index in [4.69, 9.17) is 0 Å². The van der Waals surface area contributed by atoms with Gasteiger partial charge in [0.25, 0.3) is 0 Å². The van der Waals surface area contributed by atoms with Crippen molar-refractivity contribution in [3.8, 4) is 0 Å². The number of quaternary nitrogens is 1. The lowest BCUT2D eigenvalue weighted by Crippen LogP contribution is -2.89. The SMILES string of the molecule is C/C(=N/Nc1ccccn1)c1ccc(S(=O)(=O)N2CC[NH2+]CC2)cc1. The van der Waals surface area contributed by atoms with E-state index >= 15 is 0 Å². The Morgan fingerprint density at radius 3 is 2.52 bits per heavy atom. The van der Waals surface area contributed by atoms with E-state index in [9.17, 15) is 8.42 Å². The van der Waals surface area contributed by atoms with Crippen molar-refractivity contribution in [2.24, 2.45) is 5.10 Å². The number of aromatic nitrogens is 1. The number of rotatable bonds is 5. The highest BCUT2D eigenvalue weighted by atomic mass is 32.2. The molecule has 1 aromatic heterocycles. The first-order valence-electron chi connectivity index (χ1n) is 8.21. The van der Waals surface area contributed by atoms with Crippen LogP contribution in [-0.4, -0.2) is 49.6 Å². The van der Waals surface area contributed by atoms with E-state index in [1.165, 1.54) is 0 Å². The third-order valence-corrected chi connectivity index (χ3v) is 5.99. The minimum Gasteiger partial charge on any atom is -0.344 e. The van der Waals surface area contributed by atoms with Crippen LogP contribution in [0.1, 0.15) is 12.5 Å². The number of benzene rings is 1. The molecule has 1 aliphatic rings. The second kappa shape index (κ2) is 7.73. The fourth-order valence-electron chi connectivity index (χ4n) is 2.62. The lowest BCUT2D eigenvalue weighted by atomic mass is 10.1.